The van der Waals surface area contributed by atoms with Crippen molar-refractivity contribution in [1.29, 1.82) is 0 Å². The van der Waals surface area contributed by atoms with Crippen molar-refractivity contribution >= 4 is 18.0 Å². The SMILES string of the molecule is CCNC(=O)C(=O)N/N=C/c1ccccc1. The van der Waals surface area contributed by atoms with Crippen LogP contribution in [0, 0.1) is 0 Å². The molecule has 0 aliphatic rings. The van der Waals surface area contributed by atoms with E-state index in [1.165, 1.54) is 6.21 Å². The molecule has 0 radical (unpaired) electrons. The fourth-order valence-corrected chi connectivity index (χ4v) is 0.996. The zero-order chi connectivity index (χ0) is 11.8. The van der Waals surface area contributed by atoms with Crippen LogP contribution in [-0.4, -0.2) is 24.6 Å². The largest absolute Gasteiger partial charge is 0.348 e. The summed E-state index contributed by atoms with van der Waals surface area (Å²) in [4.78, 5) is 22.1. The number of hydrazone groups is 1. The first kappa shape index (κ1) is 11.9. The van der Waals surface area contributed by atoms with Gasteiger partial charge >= 0.3 is 11.8 Å². The van der Waals surface area contributed by atoms with Gasteiger partial charge in [0.15, 0.2) is 0 Å². The number of carbonyl (C=O) groups excluding carboxylic acids is 2. The normalized spacial score (nSPS) is 10.1. The molecule has 0 aliphatic heterocycles. The smallest absolute Gasteiger partial charge is 0.329 e. The lowest BCUT2D eigenvalue weighted by Crippen LogP contribution is -2.37. The molecule has 84 valence electrons. The topological polar surface area (TPSA) is 70.6 Å². The lowest BCUT2D eigenvalue weighted by atomic mass is 10.2. The Morgan fingerprint density at radius 2 is 1.94 bits per heavy atom. The maximum atomic E-state index is 11.1. The Kier molecular flexibility index (Phi) is 4.72. The third-order valence-electron chi connectivity index (χ3n) is 1.72. The van der Waals surface area contributed by atoms with Gasteiger partial charge in [-0.3, -0.25) is 9.59 Å². The summed E-state index contributed by atoms with van der Waals surface area (Å²) in [5.41, 5.74) is 2.98. The highest BCUT2D eigenvalue weighted by Gasteiger charge is 2.09. The summed E-state index contributed by atoms with van der Waals surface area (Å²) in [6.45, 7) is 2.15. The van der Waals surface area contributed by atoms with Crippen LogP contribution in [-0.2, 0) is 9.59 Å². The first-order chi connectivity index (χ1) is 7.74. The number of benzene rings is 1. The third-order valence-corrected chi connectivity index (χ3v) is 1.72. The minimum absolute atomic E-state index is 0.411. The average molecular weight is 219 g/mol. The molecule has 16 heavy (non-hydrogen) atoms. The molecule has 5 heteroatoms. The van der Waals surface area contributed by atoms with Crippen molar-refractivity contribution in [3.8, 4) is 0 Å². The molecule has 0 fully saturated rings. The predicted molar refractivity (Wildman–Crippen MR) is 60.9 cm³/mol. The summed E-state index contributed by atoms with van der Waals surface area (Å²) in [6, 6.07) is 9.26. The van der Waals surface area contributed by atoms with Crippen LogP contribution < -0.4 is 10.7 Å². The van der Waals surface area contributed by atoms with E-state index in [-0.39, 0.29) is 0 Å². The summed E-state index contributed by atoms with van der Waals surface area (Å²) in [5.74, 6) is -1.46. The summed E-state index contributed by atoms with van der Waals surface area (Å²) in [6.07, 6.45) is 1.47. The molecule has 0 bridgehead atoms. The Morgan fingerprint density at radius 1 is 1.25 bits per heavy atom. The third kappa shape index (κ3) is 3.91. The van der Waals surface area contributed by atoms with E-state index in [4.69, 9.17) is 0 Å². The summed E-state index contributed by atoms with van der Waals surface area (Å²) < 4.78 is 0. The monoisotopic (exact) mass is 219 g/mol. The summed E-state index contributed by atoms with van der Waals surface area (Å²) in [7, 11) is 0. The van der Waals surface area contributed by atoms with E-state index in [2.05, 4.69) is 15.8 Å². The highest BCUT2D eigenvalue weighted by atomic mass is 16.2. The first-order valence-corrected chi connectivity index (χ1v) is 4.90. The van der Waals surface area contributed by atoms with Crippen LogP contribution in [0.3, 0.4) is 0 Å². The van der Waals surface area contributed by atoms with Crippen LogP contribution >= 0.6 is 0 Å². The number of nitrogens with zero attached hydrogens (tertiary/aromatic N) is 1. The Morgan fingerprint density at radius 3 is 2.56 bits per heavy atom. The molecule has 1 aromatic carbocycles. The van der Waals surface area contributed by atoms with Crippen molar-refractivity contribution in [2.24, 2.45) is 5.10 Å². The van der Waals surface area contributed by atoms with E-state index >= 15 is 0 Å². The maximum absolute atomic E-state index is 11.1. The van der Waals surface area contributed by atoms with E-state index in [9.17, 15) is 9.59 Å². The molecule has 0 saturated carbocycles. The van der Waals surface area contributed by atoms with Gasteiger partial charge in [-0.1, -0.05) is 30.3 Å². The second kappa shape index (κ2) is 6.34. The molecule has 1 rings (SSSR count). The van der Waals surface area contributed by atoms with Crippen LogP contribution in [0.4, 0.5) is 0 Å². The summed E-state index contributed by atoms with van der Waals surface area (Å²) in [5, 5.41) is 6.03. The molecule has 0 heterocycles. The zero-order valence-electron chi connectivity index (χ0n) is 8.93. The molecule has 0 aliphatic carbocycles. The van der Waals surface area contributed by atoms with E-state index in [1.54, 1.807) is 6.92 Å². The van der Waals surface area contributed by atoms with Gasteiger partial charge < -0.3 is 5.32 Å². The minimum Gasteiger partial charge on any atom is -0.348 e. The van der Waals surface area contributed by atoms with E-state index < -0.39 is 11.8 Å². The highest BCUT2D eigenvalue weighted by molar-refractivity contribution is 6.35. The lowest BCUT2D eigenvalue weighted by molar-refractivity contribution is -0.139. The number of rotatable bonds is 3. The van der Waals surface area contributed by atoms with Crippen molar-refractivity contribution < 1.29 is 9.59 Å². The second-order valence-electron chi connectivity index (χ2n) is 2.97. The van der Waals surface area contributed by atoms with Gasteiger partial charge in [0.25, 0.3) is 0 Å². The van der Waals surface area contributed by atoms with Gasteiger partial charge in [-0.25, -0.2) is 5.43 Å². The van der Waals surface area contributed by atoms with Gasteiger partial charge in [0.1, 0.15) is 0 Å². The predicted octanol–water partition coefficient (Wildman–Crippen LogP) is 0.273. The Balaban J connectivity index is 2.43. The van der Waals surface area contributed by atoms with Gasteiger partial charge in [0.2, 0.25) is 0 Å². The Hall–Kier alpha value is -2.17. The minimum atomic E-state index is -0.769. The lowest BCUT2D eigenvalue weighted by Gasteiger charge is -1.99. The van der Waals surface area contributed by atoms with Crippen LogP contribution in [0.25, 0.3) is 0 Å². The molecule has 0 atom stereocenters. The van der Waals surface area contributed by atoms with Crippen molar-refractivity contribution in [3.63, 3.8) is 0 Å². The Labute approximate surface area is 93.5 Å². The number of carbonyl (C=O) groups is 2. The fourth-order valence-electron chi connectivity index (χ4n) is 0.996. The van der Waals surface area contributed by atoms with Crippen LogP contribution in [0.5, 0.6) is 0 Å². The average Bonchev–Trinajstić information content (AvgIpc) is 2.30. The van der Waals surface area contributed by atoms with E-state index in [0.29, 0.717) is 6.54 Å². The van der Waals surface area contributed by atoms with Crippen LogP contribution in [0.15, 0.2) is 35.4 Å². The highest BCUT2D eigenvalue weighted by Crippen LogP contribution is 1.92. The zero-order valence-corrected chi connectivity index (χ0v) is 8.93. The van der Waals surface area contributed by atoms with Crippen molar-refractivity contribution in [1.82, 2.24) is 10.7 Å². The van der Waals surface area contributed by atoms with Crippen molar-refractivity contribution in [2.75, 3.05) is 6.54 Å². The van der Waals surface area contributed by atoms with Gasteiger partial charge in [0.05, 0.1) is 6.21 Å². The van der Waals surface area contributed by atoms with Gasteiger partial charge in [-0.05, 0) is 12.5 Å². The molecule has 0 saturated heterocycles. The van der Waals surface area contributed by atoms with Crippen LogP contribution in [0.1, 0.15) is 12.5 Å². The molecule has 1 aromatic rings. The number of hydrogen-bond donors (Lipinski definition) is 2. The molecular weight excluding hydrogens is 206 g/mol. The Bertz CT molecular complexity index is 387. The van der Waals surface area contributed by atoms with Gasteiger partial charge in [-0.15, -0.1) is 0 Å². The molecule has 5 nitrogen and oxygen atoms in total. The molecule has 2 amide bonds. The van der Waals surface area contributed by atoms with Gasteiger partial charge in [0, 0.05) is 6.54 Å². The second-order valence-corrected chi connectivity index (χ2v) is 2.97. The maximum Gasteiger partial charge on any atom is 0.329 e. The van der Waals surface area contributed by atoms with E-state index in [1.807, 2.05) is 30.3 Å². The summed E-state index contributed by atoms with van der Waals surface area (Å²) >= 11 is 0. The molecular formula is C11H13N3O2. The number of likely N-dealkylation sites (N-methyl/N-ethyl adjacent to an activating group) is 1. The molecule has 0 aromatic heterocycles. The number of amides is 2. The first-order valence-electron chi connectivity index (χ1n) is 4.90. The number of hydrogen-bond acceptors (Lipinski definition) is 3. The van der Waals surface area contributed by atoms with E-state index in [0.717, 1.165) is 5.56 Å². The van der Waals surface area contributed by atoms with Crippen molar-refractivity contribution in [3.05, 3.63) is 35.9 Å². The van der Waals surface area contributed by atoms with Crippen LogP contribution in [0.2, 0.25) is 0 Å². The van der Waals surface area contributed by atoms with Crippen molar-refractivity contribution in [2.45, 2.75) is 6.92 Å². The molecule has 0 unspecified atom stereocenters. The molecule has 2 N–H and O–H groups in total. The fraction of sp³-hybridized carbons (Fsp3) is 0.182. The standard InChI is InChI=1S/C11H13N3O2/c1-2-12-10(15)11(16)14-13-8-9-6-4-3-5-7-9/h3-8H,2H2,1H3,(H,12,15)(H,14,16)/b13-8+. The van der Waals surface area contributed by atoms with Gasteiger partial charge in [-0.2, -0.15) is 5.10 Å². The quantitative estimate of drug-likeness (QED) is 0.435. The molecule has 0 spiro atoms. The number of nitrogens with one attached hydrogen (secondary N) is 2.